The molecule has 0 unspecified atom stereocenters. The summed E-state index contributed by atoms with van der Waals surface area (Å²) < 4.78 is 2.13. The molecule has 1 heterocycles. The molecule has 14 heavy (non-hydrogen) atoms. The van der Waals surface area contributed by atoms with Crippen molar-refractivity contribution in [1.29, 1.82) is 0 Å². The number of fused-ring (bicyclic) bond motifs is 1. The highest BCUT2D eigenvalue weighted by Crippen LogP contribution is 2.15. The van der Waals surface area contributed by atoms with Crippen molar-refractivity contribution in [3.63, 3.8) is 0 Å². The summed E-state index contributed by atoms with van der Waals surface area (Å²) in [6.45, 7) is 2.78. The number of rotatable bonds is 2. The Kier molecular flexibility index (Phi) is 2.55. The first-order chi connectivity index (χ1) is 6.83. The van der Waals surface area contributed by atoms with Crippen LogP contribution in [0.4, 0.5) is 0 Å². The molecule has 0 bridgehead atoms. The van der Waals surface area contributed by atoms with Gasteiger partial charge in [0.25, 0.3) is 0 Å². The van der Waals surface area contributed by atoms with Gasteiger partial charge in [-0.1, -0.05) is 29.8 Å². The molecule has 1 aromatic carbocycles. The number of hydrogen-bond acceptors (Lipinski definition) is 1. The van der Waals surface area contributed by atoms with Crippen LogP contribution in [0.5, 0.6) is 0 Å². The van der Waals surface area contributed by atoms with Crippen molar-refractivity contribution in [2.24, 2.45) is 0 Å². The summed E-state index contributed by atoms with van der Waals surface area (Å²) in [4.78, 5) is 4.45. The van der Waals surface area contributed by atoms with Crippen LogP contribution in [0, 0.1) is 6.92 Å². The quantitative estimate of drug-likeness (QED) is 0.739. The number of hydrogen-bond donors (Lipinski definition) is 0. The van der Waals surface area contributed by atoms with Crippen LogP contribution in [0.1, 0.15) is 5.82 Å². The van der Waals surface area contributed by atoms with Gasteiger partial charge in [-0.05, 0) is 19.1 Å². The highest BCUT2D eigenvalue weighted by Gasteiger charge is 2.03. The van der Waals surface area contributed by atoms with Crippen molar-refractivity contribution >= 4 is 22.6 Å². The van der Waals surface area contributed by atoms with Gasteiger partial charge >= 0.3 is 0 Å². The molecule has 0 fully saturated rings. The SMILES string of the molecule is Cc1nc2ccccc2n1CC=CCl. The molecule has 0 aliphatic carbocycles. The predicted molar refractivity (Wildman–Crippen MR) is 59.5 cm³/mol. The van der Waals surface area contributed by atoms with Gasteiger partial charge < -0.3 is 4.57 Å². The largest absolute Gasteiger partial charge is 0.324 e. The lowest BCUT2D eigenvalue weighted by molar-refractivity contribution is 0.807. The Bertz CT molecular complexity index is 471. The Morgan fingerprint density at radius 2 is 2.21 bits per heavy atom. The minimum atomic E-state index is 0.774. The smallest absolute Gasteiger partial charge is 0.107 e. The van der Waals surface area contributed by atoms with Crippen molar-refractivity contribution in [3.8, 4) is 0 Å². The first kappa shape index (κ1) is 9.28. The molecule has 2 nitrogen and oxygen atoms in total. The van der Waals surface area contributed by atoms with Crippen LogP contribution in [0.3, 0.4) is 0 Å². The van der Waals surface area contributed by atoms with Gasteiger partial charge in [0, 0.05) is 12.1 Å². The van der Waals surface area contributed by atoms with E-state index in [-0.39, 0.29) is 0 Å². The van der Waals surface area contributed by atoms with Gasteiger partial charge in [-0.3, -0.25) is 0 Å². The molecule has 0 saturated heterocycles. The fraction of sp³-hybridized carbons (Fsp3) is 0.182. The molecule has 0 saturated carbocycles. The number of aryl methyl sites for hydroxylation is 1. The lowest BCUT2D eigenvalue weighted by atomic mass is 10.3. The summed E-state index contributed by atoms with van der Waals surface area (Å²) >= 11 is 5.51. The summed E-state index contributed by atoms with van der Waals surface area (Å²) in [6, 6.07) is 8.10. The number of aromatic nitrogens is 2. The average Bonchev–Trinajstić information content (AvgIpc) is 2.51. The van der Waals surface area contributed by atoms with E-state index in [9.17, 15) is 0 Å². The monoisotopic (exact) mass is 206 g/mol. The Hall–Kier alpha value is -1.28. The van der Waals surface area contributed by atoms with Gasteiger partial charge in [0.1, 0.15) is 5.82 Å². The standard InChI is InChI=1S/C11H11ClN2/c1-9-13-10-5-2-3-6-11(10)14(9)8-4-7-12/h2-7H,8H2,1H3. The maximum atomic E-state index is 5.51. The molecule has 0 radical (unpaired) electrons. The topological polar surface area (TPSA) is 17.8 Å². The van der Waals surface area contributed by atoms with Crippen LogP contribution in [0.25, 0.3) is 11.0 Å². The summed E-state index contributed by atoms with van der Waals surface area (Å²) in [7, 11) is 0. The second-order valence-corrected chi connectivity index (χ2v) is 3.37. The first-order valence-electron chi connectivity index (χ1n) is 4.50. The van der Waals surface area contributed by atoms with E-state index < -0.39 is 0 Å². The zero-order chi connectivity index (χ0) is 9.97. The van der Waals surface area contributed by atoms with Gasteiger partial charge in [0.2, 0.25) is 0 Å². The fourth-order valence-corrected chi connectivity index (χ4v) is 1.65. The minimum Gasteiger partial charge on any atom is -0.324 e. The zero-order valence-corrected chi connectivity index (χ0v) is 8.70. The Labute approximate surface area is 87.8 Å². The van der Waals surface area contributed by atoms with Crippen LogP contribution in [0.2, 0.25) is 0 Å². The highest BCUT2D eigenvalue weighted by atomic mass is 35.5. The lowest BCUT2D eigenvalue weighted by Crippen LogP contribution is -1.97. The fourth-order valence-electron chi connectivity index (χ4n) is 1.57. The number of para-hydroxylation sites is 2. The maximum absolute atomic E-state index is 5.51. The lowest BCUT2D eigenvalue weighted by Gasteiger charge is -2.01. The van der Waals surface area contributed by atoms with Crippen LogP contribution >= 0.6 is 11.6 Å². The summed E-state index contributed by atoms with van der Waals surface area (Å²) in [5.74, 6) is 1.01. The Morgan fingerprint density at radius 1 is 1.43 bits per heavy atom. The molecule has 0 aliphatic heterocycles. The van der Waals surface area contributed by atoms with Crippen LogP contribution in [0.15, 0.2) is 35.9 Å². The van der Waals surface area contributed by atoms with Gasteiger partial charge in [0.05, 0.1) is 11.0 Å². The summed E-state index contributed by atoms with van der Waals surface area (Å²) in [5.41, 5.74) is 3.72. The van der Waals surface area contributed by atoms with E-state index in [1.165, 1.54) is 5.54 Å². The Morgan fingerprint density at radius 3 is 3.00 bits per heavy atom. The zero-order valence-electron chi connectivity index (χ0n) is 7.94. The number of nitrogens with zero attached hydrogens (tertiary/aromatic N) is 2. The van der Waals surface area contributed by atoms with E-state index in [0.29, 0.717) is 0 Å². The van der Waals surface area contributed by atoms with Crippen molar-refractivity contribution < 1.29 is 0 Å². The summed E-state index contributed by atoms with van der Waals surface area (Å²) in [5, 5.41) is 0. The average molecular weight is 207 g/mol. The third-order valence-electron chi connectivity index (χ3n) is 2.22. The molecule has 3 heteroatoms. The van der Waals surface area contributed by atoms with E-state index in [1.807, 2.05) is 31.2 Å². The van der Waals surface area contributed by atoms with Crippen LogP contribution in [-0.4, -0.2) is 9.55 Å². The molecule has 0 atom stereocenters. The molecule has 0 aliphatic rings. The van der Waals surface area contributed by atoms with Crippen LogP contribution < -0.4 is 0 Å². The van der Waals surface area contributed by atoms with Crippen molar-refractivity contribution in [3.05, 3.63) is 41.7 Å². The molecule has 2 rings (SSSR count). The second kappa shape index (κ2) is 3.84. The van der Waals surface area contributed by atoms with Crippen molar-refractivity contribution in [1.82, 2.24) is 9.55 Å². The second-order valence-electron chi connectivity index (χ2n) is 3.12. The number of allylic oxidation sites excluding steroid dienone is 1. The van der Waals surface area contributed by atoms with Crippen LogP contribution in [-0.2, 0) is 6.54 Å². The summed E-state index contributed by atoms with van der Waals surface area (Å²) in [6.07, 6.45) is 1.91. The Balaban J connectivity index is 2.56. The molecule has 0 amide bonds. The van der Waals surface area contributed by atoms with E-state index in [1.54, 1.807) is 0 Å². The molecule has 0 spiro atoms. The number of halogens is 1. The number of benzene rings is 1. The van der Waals surface area contributed by atoms with E-state index in [4.69, 9.17) is 11.6 Å². The van der Waals surface area contributed by atoms with Gasteiger partial charge in [-0.2, -0.15) is 0 Å². The third-order valence-corrected chi connectivity index (χ3v) is 2.40. The third kappa shape index (κ3) is 1.53. The molecular formula is C11H11ClN2. The normalized spacial score (nSPS) is 11.6. The van der Waals surface area contributed by atoms with E-state index in [0.717, 1.165) is 23.4 Å². The number of imidazole rings is 1. The maximum Gasteiger partial charge on any atom is 0.107 e. The molecule has 1 aromatic heterocycles. The highest BCUT2D eigenvalue weighted by molar-refractivity contribution is 6.25. The van der Waals surface area contributed by atoms with Gasteiger partial charge in [-0.25, -0.2) is 4.98 Å². The first-order valence-corrected chi connectivity index (χ1v) is 4.93. The van der Waals surface area contributed by atoms with Gasteiger partial charge in [0.15, 0.2) is 0 Å². The minimum absolute atomic E-state index is 0.774. The molecule has 0 N–H and O–H groups in total. The molecule has 72 valence electrons. The predicted octanol–water partition coefficient (Wildman–Crippen LogP) is 3.10. The van der Waals surface area contributed by atoms with E-state index >= 15 is 0 Å². The molecular weight excluding hydrogens is 196 g/mol. The van der Waals surface area contributed by atoms with Gasteiger partial charge in [-0.15, -0.1) is 0 Å². The molecule has 2 aromatic rings. The van der Waals surface area contributed by atoms with E-state index in [2.05, 4.69) is 15.6 Å². The van der Waals surface area contributed by atoms with Crippen molar-refractivity contribution in [2.45, 2.75) is 13.5 Å². The van der Waals surface area contributed by atoms with Crippen molar-refractivity contribution in [2.75, 3.05) is 0 Å².